The van der Waals surface area contributed by atoms with Crippen LogP contribution >= 0.6 is 0 Å². The van der Waals surface area contributed by atoms with Crippen molar-refractivity contribution in [3.63, 3.8) is 0 Å². The van der Waals surface area contributed by atoms with E-state index in [0.717, 1.165) is 12.8 Å². The Morgan fingerprint density at radius 2 is 1.95 bits per heavy atom. The molecule has 1 heteroatoms. The highest BCUT2D eigenvalue weighted by Gasteiger charge is 2.63. The molecular weight excluding hydrogens is 232 g/mol. The van der Waals surface area contributed by atoms with Gasteiger partial charge < -0.3 is 0 Å². The third-order valence-corrected chi connectivity index (χ3v) is 5.89. The van der Waals surface area contributed by atoms with E-state index in [1.165, 1.54) is 17.6 Å². The summed E-state index contributed by atoms with van der Waals surface area (Å²) in [6.45, 7) is 6.83. The molecule has 3 rings (SSSR count). The van der Waals surface area contributed by atoms with Crippen LogP contribution in [0.1, 0.15) is 45.6 Å². The molecule has 0 spiro atoms. The van der Waals surface area contributed by atoms with E-state index >= 15 is 0 Å². The molecule has 2 bridgehead atoms. The van der Waals surface area contributed by atoms with Crippen LogP contribution in [0, 0.1) is 16.7 Å². The number of ketones is 1. The zero-order valence-electron chi connectivity index (χ0n) is 12.1. The summed E-state index contributed by atoms with van der Waals surface area (Å²) in [5.41, 5.74) is 2.84. The summed E-state index contributed by atoms with van der Waals surface area (Å²) >= 11 is 0. The predicted octanol–water partition coefficient (Wildman–Crippen LogP) is 4.49. The fraction of sp³-hybridized carbons (Fsp3) is 0.500. The van der Waals surface area contributed by atoms with Gasteiger partial charge in [0, 0.05) is 17.8 Å². The van der Waals surface area contributed by atoms with Crippen molar-refractivity contribution in [1.82, 2.24) is 0 Å². The number of benzene rings is 1. The van der Waals surface area contributed by atoms with E-state index in [4.69, 9.17) is 0 Å². The SMILES string of the molecule is CC(=Cc1ccccc1)C1(C)C2CCC1(C)CC2=O. The summed E-state index contributed by atoms with van der Waals surface area (Å²) in [5, 5.41) is 0. The molecule has 2 aliphatic rings. The zero-order chi connectivity index (χ0) is 13.7. The maximum Gasteiger partial charge on any atom is 0.137 e. The number of carbonyl (C=O) groups is 1. The average molecular weight is 254 g/mol. The second-order valence-corrected chi connectivity index (χ2v) is 6.74. The van der Waals surface area contributed by atoms with Crippen LogP contribution in [-0.2, 0) is 4.79 Å². The number of fused-ring (bicyclic) bond motifs is 2. The van der Waals surface area contributed by atoms with E-state index in [0.29, 0.717) is 5.78 Å². The van der Waals surface area contributed by atoms with Gasteiger partial charge in [-0.15, -0.1) is 0 Å². The molecule has 2 saturated carbocycles. The number of allylic oxidation sites excluding steroid dienone is 1. The van der Waals surface area contributed by atoms with Crippen LogP contribution in [0.3, 0.4) is 0 Å². The molecule has 1 aromatic carbocycles. The molecule has 0 heterocycles. The van der Waals surface area contributed by atoms with Gasteiger partial charge in [0.2, 0.25) is 0 Å². The standard InChI is InChI=1S/C18H22O/c1-13(11-14-7-5-4-6-8-14)18(3)15-9-10-17(18,2)12-16(15)19/h4-8,11,15H,9-10,12H2,1-3H3. The molecule has 0 saturated heterocycles. The van der Waals surface area contributed by atoms with Crippen molar-refractivity contribution in [2.75, 3.05) is 0 Å². The Labute approximate surface area is 115 Å². The molecule has 1 nitrogen and oxygen atoms in total. The minimum absolute atomic E-state index is 0.0555. The number of hydrogen-bond acceptors (Lipinski definition) is 1. The van der Waals surface area contributed by atoms with Gasteiger partial charge in [-0.3, -0.25) is 4.79 Å². The van der Waals surface area contributed by atoms with Gasteiger partial charge in [-0.1, -0.05) is 55.8 Å². The van der Waals surface area contributed by atoms with Crippen LogP contribution in [0.25, 0.3) is 6.08 Å². The highest BCUT2D eigenvalue weighted by atomic mass is 16.1. The number of rotatable bonds is 2. The second-order valence-electron chi connectivity index (χ2n) is 6.74. The van der Waals surface area contributed by atoms with Crippen molar-refractivity contribution in [3.05, 3.63) is 41.5 Å². The topological polar surface area (TPSA) is 17.1 Å². The van der Waals surface area contributed by atoms with Crippen molar-refractivity contribution in [1.29, 1.82) is 0 Å². The van der Waals surface area contributed by atoms with E-state index in [9.17, 15) is 4.79 Å². The Morgan fingerprint density at radius 3 is 2.47 bits per heavy atom. The molecule has 0 N–H and O–H groups in total. The lowest BCUT2D eigenvalue weighted by Gasteiger charge is -2.38. The van der Waals surface area contributed by atoms with Gasteiger partial charge in [-0.25, -0.2) is 0 Å². The van der Waals surface area contributed by atoms with Crippen molar-refractivity contribution in [2.24, 2.45) is 16.7 Å². The Bertz CT molecular complexity index is 542. The van der Waals surface area contributed by atoms with Gasteiger partial charge >= 0.3 is 0 Å². The molecular formula is C18H22O. The van der Waals surface area contributed by atoms with Gasteiger partial charge in [0.25, 0.3) is 0 Å². The molecule has 19 heavy (non-hydrogen) atoms. The van der Waals surface area contributed by atoms with Crippen molar-refractivity contribution >= 4 is 11.9 Å². The van der Waals surface area contributed by atoms with Crippen LogP contribution in [-0.4, -0.2) is 5.78 Å². The normalized spacial score (nSPS) is 37.9. The highest BCUT2D eigenvalue weighted by Crippen LogP contribution is 2.67. The minimum atomic E-state index is 0.0555. The van der Waals surface area contributed by atoms with Crippen LogP contribution < -0.4 is 0 Å². The summed E-state index contributed by atoms with van der Waals surface area (Å²) in [5.74, 6) is 0.731. The first-order chi connectivity index (χ1) is 8.97. The largest absolute Gasteiger partial charge is 0.299 e. The summed E-state index contributed by atoms with van der Waals surface area (Å²) in [7, 11) is 0. The summed E-state index contributed by atoms with van der Waals surface area (Å²) < 4.78 is 0. The van der Waals surface area contributed by atoms with Gasteiger partial charge in [0.15, 0.2) is 0 Å². The van der Waals surface area contributed by atoms with E-state index in [-0.39, 0.29) is 16.7 Å². The van der Waals surface area contributed by atoms with Crippen LogP contribution in [0.5, 0.6) is 0 Å². The lowest BCUT2D eigenvalue weighted by molar-refractivity contribution is -0.122. The van der Waals surface area contributed by atoms with Crippen molar-refractivity contribution in [3.8, 4) is 0 Å². The minimum Gasteiger partial charge on any atom is -0.299 e. The summed E-state index contributed by atoms with van der Waals surface area (Å²) in [6, 6.07) is 10.4. The molecule has 0 aliphatic heterocycles. The maximum atomic E-state index is 12.2. The molecule has 0 amide bonds. The van der Waals surface area contributed by atoms with E-state index in [1.807, 2.05) is 6.07 Å². The fourth-order valence-corrected chi connectivity index (χ4v) is 4.39. The van der Waals surface area contributed by atoms with Gasteiger partial charge in [0.05, 0.1) is 0 Å². The van der Waals surface area contributed by atoms with Crippen LogP contribution in [0.15, 0.2) is 35.9 Å². The lowest BCUT2D eigenvalue weighted by atomic mass is 9.65. The van der Waals surface area contributed by atoms with E-state index in [2.05, 4.69) is 51.1 Å². The van der Waals surface area contributed by atoms with E-state index in [1.54, 1.807) is 0 Å². The number of Topliss-reactive ketones (excluding diaryl/α,β-unsaturated/α-hetero) is 1. The number of carbonyl (C=O) groups excluding carboxylic acids is 1. The monoisotopic (exact) mass is 254 g/mol. The molecule has 1 aromatic rings. The Balaban J connectivity index is 2.02. The van der Waals surface area contributed by atoms with Crippen molar-refractivity contribution in [2.45, 2.75) is 40.0 Å². The first-order valence-electron chi connectivity index (χ1n) is 7.24. The van der Waals surface area contributed by atoms with E-state index < -0.39 is 0 Å². The Hall–Kier alpha value is -1.37. The highest BCUT2D eigenvalue weighted by molar-refractivity contribution is 5.88. The number of hydrogen-bond donors (Lipinski definition) is 0. The molecule has 2 aliphatic carbocycles. The molecule has 0 aromatic heterocycles. The Morgan fingerprint density at radius 1 is 1.26 bits per heavy atom. The summed E-state index contributed by atoms with van der Waals surface area (Å²) in [4.78, 5) is 12.2. The molecule has 3 atom stereocenters. The zero-order valence-corrected chi connectivity index (χ0v) is 12.1. The average Bonchev–Trinajstić information content (AvgIpc) is 2.74. The Kier molecular flexibility index (Phi) is 2.70. The lowest BCUT2D eigenvalue weighted by Crippen LogP contribution is -2.31. The fourth-order valence-electron chi connectivity index (χ4n) is 4.39. The van der Waals surface area contributed by atoms with Gasteiger partial charge in [-0.05, 0) is 30.7 Å². The van der Waals surface area contributed by atoms with Crippen LogP contribution in [0.4, 0.5) is 0 Å². The van der Waals surface area contributed by atoms with Gasteiger partial charge in [0.1, 0.15) is 5.78 Å². The predicted molar refractivity (Wildman–Crippen MR) is 78.7 cm³/mol. The molecule has 3 unspecified atom stereocenters. The molecule has 2 fully saturated rings. The maximum absolute atomic E-state index is 12.2. The van der Waals surface area contributed by atoms with Crippen molar-refractivity contribution < 1.29 is 4.79 Å². The van der Waals surface area contributed by atoms with Crippen LogP contribution in [0.2, 0.25) is 0 Å². The first-order valence-corrected chi connectivity index (χ1v) is 7.24. The second kappa shape index (κ2) is 4.06. The third kappa shape index (κ3) is 1.64. The quantitative estimate of drug-likeness (QED) is 0.760. The molecule has 0 radical (unpaired) electrons. The smallest absolute Gasteiger partial charge is 0.137 e. The summed E-state index contributed by atoms with van der Waals surface area (Å²) in [6.07, 6.45) is 5.31. The first kappa shape index (κ1) is 12.7. The molecule has 100 valence electrons. The van der Waals surface area contributed by atoms with Gasteiger partial charge in [-0.2, -0.15) is 0 Å². The third-order valence-electron chi connectivity index (χ3n) is 5.89.